The predicted molar refractivity (Wildman–Crippen MR) is 64.2 cm³/mol. The van der Waals surface area contributed by atoms with E-state index in [-0.39, 0.29) is 0 Å². The summed E-state index contributed by atoms with van der Waals surface area (Å²) >= 11 is 6.79. The van der Waals surface area contributed by atoms with Crippen molar-refractivity contribution in [2.45, 2.75) is 24.0 Å². The molecule has 3 nitrogen and oxygen atoms in total. The standard InChI is InChI=1S/C9H14ClNO2S2/c1-2-8-4-5-9(14-8)15(12,13)11-7-3-6-10/h4-5,11H,2-3,6-7H2,1H3. The van der Waals surface area contributed by atoms with Gasteiger partial charge in [-0.1, -0.05) is 6.92 Å². The molecular weight excluding hydrogens is 254 g/mol. The molecule has 6 heteroatoms. The van der Waals surface area contributed by atoms with Crippen molar-refractivity contribution in [3.05, 3.63) is 17.0 Å². The normalized spacial score (nSPS) is 11.9. The van der Waals surface area contributed by atoms with E-state index in [1.807, 2.05) is 13.0 Å². The lowest BCUT2D eigenvalue weighted by molar-refractivity contribution is 0.583. The first-order chi connectivity index (χ1) is 7.10. The van der Waals surface area contributed by atoms with E-state index in [0.29, 0.717) is 23.1 Å². The van der Waals surface area contributed by atoms with E-state index in [0.717, 1.165) is 11.3 Å². The molecule has 1 rings (SSSR count). The Morgan fingerprint density at radius 3 is 2.73 bits per heavy atom. The number of aryl methyl sites for hydroxylation is 1. The molecule has 1 N–H and O–H groups in total. The molecule has 0 saturated carbocycles. The lowest BCUT2D eigenvalue weighted by atomic mass is 10.4. The summed E-state index contributed by atoms with van der Waals surface area (Å²) in [6, 6.07) is 3.49. The van der Waals surface area contributed by atoms with E-state index in [9.17, 15) is 8.42 Å². The molecule has 0 radical (unpaired) electrons. The van der Waals surface area contributed by atoms with Crippen LogP contribution >= 0.6 is 22.9 Å². The molecule has 0 aromatic carbocycles. The molecule has 0 amide bonds. The maximum atomic E-state index is 11.7. The fourth-order valence-corrected chi connectivity index (χ4v) is 3.58. The highest BCUT2D eigenvalue weighted by molar-refractivity contribution is 7.91. The molecule has 86 valence electrons. The van der Waals surface area contributed by atoms with E-state index >= 15 is 0 Å². The van der Waals surface area contributed by atoms with Crippen LogP contribution in [0.1, 0.15) is 18.2 Å². The highest BCUT2D eigenvalue weighted by atomic mass is 35.5. The second kappa shape index (κ2) is 5.84. The van der Waals surface area contributed by atoms with Crippen LogP contribution in [0.2, 0.25) is 0 Å². The topological polar surface area (TPSA) is 46.2 Å². The van der Waals surface area contributed by atoms with Crippen LogP contribution in [0, 0.1) is 0 Å². The van der Waals surface area contributed by atoms with Crippen LogP contribution in [0.15, 0.2) is 16.3 Å². The number of halogens is 1. The highest BCUT2D eigenvalue weighted by Crippen LogP contribution is 2.21. The average molecular weight is 268 g/mol. The maximum Gasteiger partial charge on any atom is 0.250 e. The quantitative estimate of drug-likeness (QED) is 0.635. The monoisotopic (exact) mass is 267 g/mol. The third-order valence-electron chi connectivity index (χ3n) is 1.85. The summed E-state index contributed by atoms with van der Waals surface area (Å²) in [6.45, 7) is 2.40. The lowest BCUT2D eigenvalue weighted by Crippen LogP contribution is -2.24. The van der Waals surface area contributed by atoms with Crippen LogP contribution in [0.3, 0.4) is 0 Å². The number of thiophene rings is 1. The second-order valence-corrected chi connectivity index (χ2v) is 6.55. The molecule has 0 unspecified atom stereocenters. The van der Waals surface area contributed by atoms with Crippen molar-refractivity contribution >= 4 is 33.0 Å². The first kappa shape index (κ1) is 13.0. The molecule has 1 aromatic rings. The van der Waals surface area contributed by atoms with Crippen molar-refractivity contribution in [1.82, 2.24) is 4.72 Å². The van der Waals surface area contributed by atoms with Gasteiger partial charge in [-0.15, -0.1) is 22.9 Å². The molecule has 1 aromatic heterocycles. The van der Waals surface area contributed by atoms with Gasteiger partial charge in [0.15, 0.2) is 0 Å². The third kappa shape index (κ3) is 3.75. The number of sulfonamides is 1. The van der Waals surface area contributed by atoms with Gasteiger partial charge in [-0.2, -0.15) is 0 Å². The van der Waals surface area contributed by atoms with Crippen LogP contribution < -0.4 is 4.72 Å². The first-order valence-corrected chi connectivity index (χ1v) is 7.58. The SMILES string of the molecule is CCc1ccc(S(=O)(=O)NCCCCl)s1. The molecule has 0 aliphatic carbocycles. The second-order valence-electron chi connectivity index (χ2n) is 3.01. The Bertz CT molecular complexity index is 400. The Labute approximate surface area is 99.5 Å². The summed E-state index contributed by atoms with van der Waals surface area (Å²) in [4.78, 5) is 1.08. The summed E-state index contributed by atoms with van der Waals surface area (Å²) < 4.78 is 26.3. The molecule has 0 aliphatic heterocycles. The van der Waals surface area contributed by atoms with Crippen molar-refractivity contribution in [2.75, 3.05) is 12.4 Å². The largest absolute Gasteiger partial charge is 0.250 e. The van der Waals surface area contributed by atoms with E-state index in [1.165, 1.54) is 11.3 Å². The Kier molecular flexibility index (Phi) is 5.05. The van der Waals surface area contributed by atoms with E-state index in [4.69, 9.17) is 11.6 Å². The van der Waals surface area contributed by atoms with Gasteiger partial charge in [0.25, 0.3) is 0 Å². The number of nitrogens with one attached hydrogen (secondary N) is 1. The van der Waals surface area contributed by atoms with Gasteiger partial charge in [0.1, 0.15) is 4.21 Å². The maximum absolute atomic E-state index is 11.7. The van der Waals surface area contributed by atoms with Gasteiger partial charge >= 0.3 is 0 Å². The molecule has 0 fully saturated rings. The van der Waals surface area contributed by atoms with Gasteiger partial charge in [0, 0.05) is 17.3 Å². The summed E-state index contributed by atoms with van der Waals surface area (Å²) in [5.41, 5.74) is 0. The Hall–Kier alpha value is -0.100. The first-order valence-electron chi connectivity index (χ1n) is 4.74. The van der Waals surface area contributed by atoms with Crippen LogP contribution in [-0.4, -0.2) is 20.8 Å². The fraction of sp³-hybridized carbons (Fsp3) is 0.556. The molecule has 0 saturated heterocycles. The minimum atomic E-state index is -3.31. The van der Waals surface area contributed by atoms with E-state index in [1.54, 1.807) is 6.07 Å². The summed E-state index contributed by atoms with van der Waals surface area (Å²) in [5, 5.41) is 0. The van der Waals surface area contributed by atoms with Crippen molar-refractivity contribution in [3.8, 4) is 0 Å². The molecule has 0 aliphatic rings. The minimum Gasteiger partial charge on any atom is -0.210 e. The van der Waals surface area contributed by atoms with Gasteiger partial charge in [0.2, 0.25) is 10.0 Å². The van der Waals surface area contributed by atoms with Crippen LogP contribution in [-0.2, 0) is 16.4 Å². The molecular formula is C9H14ClNO2S2. The molecule has 0 spiro atoms. The zero-order valence-corrected chi connectivity index (χ0v) is 10.9. The van der Waals surface area contributed by atoms with Gasteiger partial charge in [-0.05, 0) is 25.0 Å². The van der Waals surface area contributed by atoms with Crippen molar-refractivity contribution in [1.29, 1.82) is 0 Å². The smallest absolute Gasteiger partial charge is 0.210 e. The number of alkyl halides is 1. The zero-order valence-electron chi connectivity index (χ0n) is 8.49. The number of hydrogen-bond acceptors (Lipinski definition) is 3. The molecule has 0 bridgehead atoms. The predicted octanol–water partition coefficient (Wildman–Crippen LogP) is 2.22. The van der Waals surface area contributed by atoms with Crippen molar-refractivity contribution < 1.29 is 8.42 Å². The Morgan fingerprint density at radius 2 is 2.20 bits per heavy atom. The van der Waals surface area contributed by atoms with Gasteiger partial charge in [-0.25, -0.2) is 13.1 Å². The van der Waals surface area contributed by atoms with Crippen LogP contribution in [0.4, 0.5) is 0 Å². The number of hydrogen-bond donors (Lipinski definition) is 1. The van der Waals surface area contributed by atoms with Gasteiger partial charge in [-0.3, -0.25) is 0 Å². The average Bonchev–Trinajstić information content (AvgIpc) is 2.66. The van der Waals surface area contributed by atoms with Crippen LogP contribution in [0.25, 0.3) is 0 Å². The van der Waals surface area contributed by atoms with Crippen LogP contribution in [0.5, 0.6) is 0 Å². The Morgan fingerprint density at radius 1 is 1.47 bits per heavy atom. The minimum absolute atomic E-state index is 0.383. The van der Waals surface area contributed by atoms with E-state index in [2.05, 4.69) is 4.72 Å². The lowest BCUT2D eigenvalue weighted by Gasteiger charge is -2.02. The van der Waals surface area contributed by atoms with Gasteiger partial charge in [0.05, 0.1) is 0 Å². The Balaban J connectivity index is 2.68. The fourth-order valence-electron chi connectivity index (χ4n) is 1.04. The van der Waals surface area contributed by atoms with E-state index < -0.39 is 10.0 Å². The molecule has 15 heavy (non-hydrogen) atoms. The van der Waals surface area contributed by atoms with Gasteiger partial charge < -0.3 is 0 Å². The molecule has 1 heterocycles. The zero-order chi connectivity index (χ0) is 11.3. The van der Waals surface area contributed by atoms with Crippen molar-refractivity contribution in [2.24, 2.45) is 0 Å². The molecule has 0 atom stereocenters. The summed E-state index contributed by atoms with van der Waals surface area (Å²) in [5.74, 6) is 0.465. The summed E-state index contributed by atoms with van der Waals surface area (Å²) in [7, 11) is -3.31. The van der Waals surface area contributed by atoms with Crippen molar-refractivity contribution in [3.63, 3.8) is 0 Å². The third-order valence-corrected chi connectivity index (χ3v) is 5.30. The highest BCUT2D eigenvalue weighted by Gasteiger charge is 2.15. The summed E-state index contributed by atoms with van der Waals surface area (Å²) in [6.07, 6.45) is 1.51. The number of rotatable bonds is 6.